The van der Waals surface area contributed by atoms with E-state index >= 15 is 0 Å². The average molecular weight is 377 g/mol. The summed E-state index contributed by atoms with van der Waals surface area (Å²) in [6.45, 7) is 9.92. The number of hydrogen-bond donors (Lipinski definition) is 1. The lowest BCUT2D eigenvalue weighted by Gasteiger charge is -2.33. The molecule has 27 heavy (non-hydrogen) atoms. The van der Waals surface area contributed by atoms with Crippen LogP contribution < -0.4 is 14.8 Å². The highest BCUT2D eigenvalue weighted by atomic mass is 16.5. The number of ether oxygens (including phenoxy) is 3. The van der Waals surface area contributed by atoms with Gasteiger partial charge in [-0.1, -0.05) is 26.8 Å². The number of benzene rings is 1. The Balaban J connectivity index is 2.55. The van der Waals surface area contributed by atoms with Crippen LogP contribution in [0.25, 0.3) is 6.08 Å². The molecule has 150 valence electrons. The highest BCUT2D eigenvalue weighted by Crippen LogP contribution is 2.28. The number of hydrogen-bond acceptors (Lipinski definition) is 5. The van der Waals surface area contributed by atoms with E-state index in [1.54, 1.807) is 38.5 Å². The predicted octanol–water partition coefficient (Wildman–Crippen LogP) is 3.59. The number of carbonyl (C=O) groups excluding carboxylic acids is 2. The van der Waals surface area contributed by atoms with Gasteiger partial charge in [0.25, 0.3) is 5.91 Å². The number of carbonyl (C=O) groups is 2. The smallest absolute Gasteiger partial charge is 0.331 e. The van der Waals surface area contributed by atoms with Crippen molar-refractivity contribution in [2.75, 3.05) is 20.8 Å². The van der Waals surface area contributed by atoms with Gasteiger partial charge in [-0.2, -0.15) is 0 Å². The highest BCUT2D eigenvalue weighted by molar-refractivity contribution is 5.89. The van der Waals surface area contributed by atoms with Crippen LogP contribution in [0.2, 0.25) is 0 Å². The molecule has 1 amide bonds. The summed E-state index contributed by atoms with van der Waals surface area (Å²) in [5.41, 5.74) is 0.452. The van der Waals surface area contributed by atoms with E-state index in [2.05, 4.69) is 26.1 Å². The molecule has 0 heterocycles. The summed E-state index contributed by atoms with van der Waals surface area (Å²) in [5, 5.41) is 2.90. The fraction of sp³-hybridized carbons (Fsp3) is 0.524. The van der Waals surface area contributed by atoms with Gasteiger partial charge in [0.2, 0.25) is 0 Å². The molecule has 6 nitrogen and oxygen atoms in total. The minimum Gasteiger partial charge on any atom is -0.493 e. The van der Waals surface area contributed by atoms with Crippen molar-refractivity contribution in [3.63, 3.8) is 0 Å². The summed E-state index contributed by atoms with van der Waals surface area (Å²) in [4.78, 5) is 23.9. The molecule has 0 radical (unpaired) electrons. The fourth-order valence-corrected chi connectivity index (χ4v) is 3.09. The predicted molar refractivity (Wildman–Crippen MR) is 106 cm³/mol. The highest BCUT2D eigenvalue weighted by Gasteiger charge is 2.27. The van der Waals surface area contributed by atoms with E-state index in [4.69, 9.17) is 14.2 Å². The summed E-state index contributed by atoms with van der Waals surface area (Å²) in [5.74, 6) is 0.255. The van der Waals surface area contributed by atoms with Gasteiger partial charge >= 0.3 is 5.97 Å². The Morgan fingerprint density at radius 2 is 1.67 bits per heavy atom. The largest absolute Gasteiger partial charge is 0.493 e. The van der Waals surface area contributed by atoms with Crippen LogP contribution in [0.1, 0.15) is 46.6 Å². The molecule has 0 saturated heterocycles. The lowest BCUT2D eigenvalue weighted by atomic mass is 9.82. The topological polar surface area (TPSA) is 73.9 Å². The molecular weight excluding hydrogens is 346 g/mol. The van der Waals surface area contributed by atoms with Gasteiger partial charge in [0.05, 0.1) is 14.2 Å². The maximum atomic E-state index is 12.0. The SMILES string of the molecule is COc1ccc(/C=C/C(=O)OCC(=O)NC(C)(C)CC(C)(C)C)cc1OC. The minimum absolute atomic E-state index is 0.0790. The second-order valence-corrected chi connectivity index (χ2v) is 8.22. The first kappa shape index (κ1) is 22.5. The Bertz CT molecular complexity index is 686. The van der Waals surface area contributed by atoms with E-state index < -0.39 is 5.97 Å². The summed E-state index contributed by atoms with van der Waals surface area (Å²) < 4.78 is 15.4. The molecule has 0 unspecified atom stereocenters. The summed E-state index contributed by atoms with van der Waals surface area (Å²) >= 11 is 0. The number of amides is 1. The Hall–Kier alpha value is -2.50. The van der Waals surface area contributed by atoms with Crippen molar-refractivity contribution < 1.29 is 23.8 Å². The van der Waals surface area contributed by atoms with E-state index in [-0.39, 0.29) is 23.5 Å². The summed E-state index contributed by atoms with van der Waals surface area (Å²) in [7, 11) is 3.10. The third-order valence-electron chi connectivity index (χ3n) is 3.62. The maximum Gasteiger partial charge on any atom is 0.331 e. The van der Waals surface area contributed by atoms with Gasteiger partial charge < -0.3 is 19.5 Å². The van der Waals surface area contributed by atoms with Crippen molar-refractivity contribution in [3.05, 3.63) is 29.8 Å². The molecule has 1 rings (SSSR count). The van der Waals surface area contributed by atoms with Crippen LogP contribution in [0.3, 0.4) is 0 Å². The zero-order valence-corrected chi connectivity index (χ0v) is 17.3. The molecule has 6 heteroatoms. The Morgan fingerprint density at radius 3 is 2.22 bits per heavy atom. The van der Waals surface area contributed by atoms with E-state index in [1.165, 1.54) is 6.08 Å². The molecule has 0 fully saturated rings. The van der Waals surface area contributed by atoms with Crippen molar-refractivity contribution in [1.82, 2.24) is 5.32 Å². The standard InChI is InChI=1S/C21H31NO5/c1-20(2,3)14-21(4,5)22-18(23)13-27-19(24)11-9-15-8-10-16(25-6)17(12-15)26-7/h8-12H,13-14H2,1-7H3,(H,22,23)/b11-9+. The lowest BCUT2D eigenvalue weighted by Crippen LogP contribution is -2.47. The van der Waals surface area contributed by atoms with E-state index in [0.717, 1.165) is 12.0 Å². The molecular formula is C21H31NO5. The molecule has 1 aromatic carbocycles. The first-order valence-corrected chi connectivity index (χ1v) is 8.84. The van der Waals surface area contributed by atoms with Crippen molar-refractivity contribution in [3.8, 4) is 11.5 Å². The van der Waals surface area contributed by atoms with Crippen LogP contribution in [0.5, 0.6) is 11.5 Å². The van der Waals surface area contributed by atoms with Crippen molar-refractivity contribution in [1.29, 1.82) is 0 Å². The van der Waals surface area contributed by atoms with Gasteiger partial charge in [-0.15, -0.1) is 0 Å². The molecule has 0 aromatic heterocycles. The number of rotatable bonds is 8. The second kappa shape index (κ2) is 9.44. The van der Waals surface area contributed by atoms with Gasteiger partial charge in [-0.25, -0.2) is 4.79 Å². The molecule has 0 saturated carbocycles. The molecule has 0 aliphatic carbocycles. The molecule has 0 bridgehead atoms. The normalized spacial score (nSPS) is 12.0. The number of esters is 1. The van der Waals surface area contributed by atoms with Crippen LogP contribution in [0.15, 0.2) is 24.3 Å². The van der Waals surface area contributed by atoms with E-state index in [9.17, 15) is 9.59 Å². The maximum absolute atomic E-state index is 12.0. The van der Waals surface area contributed by atoms with E-state index in [0.29, 0.717) is 11.5 Å². The van der Waals surface area contributed by atoms with Crippen molar-refractivity contribution in [2.24, 2.45) is 5.41 Å². The molecule has 0 spiro atoms. The molecule has 1 N–H and O–H groups in total. The Morgan fingerprint density at radius 1 is 1.04 bits per heavy atom. The monoisotopic (exact) mass is 377 g/mol. The summed E-state index contributed by atoms with van der Waals surface area (Å²) in [6, 6.07) is 5.27. The zero-order chi connectivity index (χ0) is 20.7. The number of nitrogens with one attached hydrogen (secondary N) is 1. The van der Waals surface area contributed by atoms with Gasteiger partial charge in [0.1, 0.15) is 0 Å². The van der Waals surface area contributed by atoms with Crippen molar-refractivity contribution >= 4 is 18.0 Å². The molecule has 1 aromatic rings. The Labute approximate surface area is 161 Å². The van der Waals surface area contributed by atoms with Crippen LogP contribution >= 0.6 is 0 Å². The zero-order valence-electron chi connectivity index (χ0n) is 17.3. The molecule has 0 atom stereocenters. The lowest BCUT2D eigenvalue weighted by molar-refractivity contribution is -0.144. The van der Waals surface area contributed by atoms with Gasteiger partial charge in [0, 0.05) is 11.6 Å². The van der Waals surface area contributed by atoms with E-state index in [1.807, 2.05) is 13.8 Å². The third kappa shape index (κ3) is 8.62. The van der Waals surface area contributed by atoms with Crippen LogP contribution in [0, 0.1) is 5.41 Å². The first-order chi connectivity index (χ1) is 12.5. The average Bonchev–Trinajstić information content (AvgIpc) is 2.55. The molecule has 0 aliphatic rings. The van der Waals surface area contributed by atoms with Crippen molar-refractivity contribution in [2.45, 2.75) is 46.6 Å². The Kier molecular flexibility index (Phi) is 7.88. The number of methoxy groups -OCH3 is 2. The van der Waals surface area contributed by atoms with Crippen LogP contribution in [-0.2, 0) is 14.3 Å². The second-order valence-electron chi connectivity index (χ2n) is 8.22. The minimum atomic E-state index is -0.589. The van der Waals surface area contributed by atoms with Crippen LogP contribution in [-0.4, -0.2) is 38.2 Å². The quantitative estimate of drug-likeness (QED) is 0.554. The summed E-state index contributed by atoms with van der Waals surface area (Å²) in [6.07, 6.45) is 3.67. The fourth-order valence-electron chi connectivity index (χ4n) is 3.09. The molecule has 0 aliphatic heterocycles. The first-order valence-electron chi connectivity index (χ1n) is 8.84. The van der Waals surface area contributed by atoms with Gasteiger partial charge in [-0.05, 0) is 49.5 Å². The third-order valence-corrected chi connectivity index (χ3v) is 3.62. The van der Waals surface area contributed by atoms with Gasteiger partial charge in [-0.3, -0.25) is 4.79 Å². The van der Waals surface area contributed by atoms with Gasteiger partial charge in [0.15, 0.2) is 18.1 Å². The van der Waals surface area contributed by atoms with Crippen LogP contribution in [0.4, 0.5) is 0 Å².